The van der Waals surface area contributed by atoms with Crippen LogP contribution in [0.4, 0.5) is 5.69 Å². The molecular formula is C13H20N2O3S2. The Hall–Kier alpha value is -0.760. The smallest absolute Gasteiger partial charge is 0.242 e. The van der Waals surface area contributed by atoms with Crippen molar-refractivity contribution in [3.63, 3.8) is 0 Å². The molecule has 0 unspecified atom stereocenters. The standard InChI is InChI=1S/C13H20N2O3S2/c1-15(2)20(16,17)11-3-4-13(12(14)9-11)19-10-5-7-18-8-6-10/h3-4,9-10H,5-8,14H2,1-2H3. The summed E-state index contributed by atoms with van der Waals surface area (Å²) < 4.78 is 30.6. The summed E-state index contributed by atoms with van der Waals surface area (Å²) in [6, 6.07) is 4.95. The van der Waals surface area contributed by atoms with Crippen LogP contribution in [0.3, 0.4) is 0 Å². The molecule has 1 aliphatic heterocycles. The topological polar surface area (TPSA) is 72.6 Å². The molecule has 1 aromatic carbocycles. The quantitative estimate of drug-likeness (QED) is 0.857. The minimum Gasteiger partial charge on any atom is -0.398 e. The fraction of sp³-hybridized carbons (Fsp3) is 0.538. The van der Waals surface area contributed by atoms with Crippen molar-refractivity contribution in [2.24, 2.45) is 0 Å². The van der Waals surface area contributed by atoms with Crippen LogP contribution >= 0.6 is 11.8 Å². The Bertz CT molecular complexity index is 567. The van der Waals surface area contributed by atoms with Crippen LogP contribution in [0.25, 0.3) is 0 Å². The molecule has 20 heavy (non-hydrogen) atoms. The molecule has 1 aromatic rings. The summed E-state index contributed by atoms with van der Waals surface area (Å²) in [5.41, 5.74) is 6.52. The SMILES string of the molecule is CN(C)S(=O)(=O)c1ccc(SC2CCOCC2)c(N)c1. The molecule has 112 valence electrons. The molecule has 0 atom stereocenters. The summed E-state index contributed by atoms with van der Waals surface area (Å²) in [5, 5.41) is 0.488. The van der Waals surface area contributed by atoms with Gasteiger partial charge >= 0.3 is 0 Å². The van der Waals surface area contributed by atoms with E-state index in [-0.39, 0.29) is 4.90 Å². The number of rotatable bonds is 4. The van der Waals surface area contributed by atoms with Gasteiger partial charge in [0.2, 0.25) is 10.0 Å². The number of nitrogen functional groups attached to an aromatic ring is 1. The second kappa shape index (κ2) is 6.34. The second-order valence-electron chi connectivity index (χ2n) is 4.92. The molecule has 0 aromatic heterocycles. The lowest BCUT2D eigenvalue weighted by molar-refractivity contribution is 0.100. The number of ether oxygens (including phenoxy) is 1. The Kier molecular flexibility index (Phi) is 4.95. The molecule has 0 spiro atoms. The van der Waals surface area contributed by atoms with Crippen LogP contribution in [0.15, 0.2) is 28.0 Å². The van der Waals surface area contributed by atoms with Gasteiger partial charge in [0.15, 0.2) is 0 Å². The molecule has 1 fully saturated rings. The third-order valence-electron chi connectivity index (χ3n) is 3.22. The predicted octanol–water partition coefficient (Wildman–Crippen LogP) is 1.79. The van der Waals surface area contributed by atoms with Crippen LogP contribution in [0, 0.1) is 0 Å². The lowest BCUT2D eigenvalue weighted by atomic mass is 10.2. The van der Waals surface area contributed by atoms with Crippen LogP contribution in [0.5, 0.6) is 0 Å². The van der Waals surface area contributed by atoms with E-state index in [2.05, 4.69) is 0 Å². The highest BCUT2D eigenvalue weighted by Gasteiger charge is 2.20. The first kappa shape index (κ1) is 15.6. The van der Waals surface area contributed by atoms with Crippen LogP contribution in [0.1, 0.15) is 12.8 Å². The maximum absolute atomic E-state index is 12.0. The zero-order chi connectivity index (χ0) is 14.8. The van der Waals surface area contributed by atoms with Crippen molar-refractivity contribution < 1.29 is 13.2 Å². The zero-order valence-corrected chi connectivity index (χ0v) is 13.3. The largest absolute Gasteiger partial charge is 0.398 e. The summed E-state index contributed by atoms with van der Waals surface area (Å²) in [4.78, 5) is 1.17. The molecule has 0 bridgehead atoms. The van der Waals surface area contributed by atoms with Crippen LogP contribution in [-0.2, 0) is 14.8 Å². The monoisotopic (exact) mass is 316 g/mol. The highest BCUT2D eigenvalue weighted by molar-refractivity contribution is 8.00. The summed E-state index contributed by atoms with van der Waals surface area (Å²) in [6.07, 6.45) is 2.00. The van der Waals surface area contributed by atoms with E-state index in [0.717, 1.165) is 31.0 Å². The normalized spacial score (nSPS) is 17.6. The highest BCUT2D eigenvalue weighted by Crippen LogP contribution is 2.34. The van der Waals surface area contributed by atoms with Gasteiger partial charge in [0, 0.05) is 43.1 Å². The van der Waals surface area contributed by atoms with E-state index in [1.807, 2.05) is 0 Å². The molecule has 1 saturated heterocycles. The number of hydrogen-bond donors (Lipinski definition) is 1. The van der Waals surface area contributed by atoms with Gasteiger partial charge < -0.3 is 10.5 Å². The molecule has 0 aliphatic carbocycles. The first-order valence-electron chi connectivity index (χ1n) is 6.47. The number of sulfonamides is 1. The van der Waals surface area contributed by atoms with Gasteiger partial charge in [-0.05, 0) is 31.0 Å². The minimum atomic E-state index is -3.43. The number of hydrogen-bond acceptors (Lipinski definition) is 5. The number of anilines is 1. The summed E-state index contributed by atoms with van der Waals surface area (Å²) >= 11 is 1.71. The Morgan fingerprint density at radius 3 is 2.50 bits per heavy atom. The van der Waals surface area contributed by atoms with Crippen LogP contribution < -0.4 is 5.73 Å². The Balaban J connectivity index is 2.17. The number of thioether (sulfide) groups is 1. The number of nitrogens with two attached hydrogens (primary N) is 1. The molecule has 7 heteroatoms. The Morgan fingerprint density at radius 1 is 1.30 bits per heavy atom. The molecule has 1 heterocycles. The highest BCUT2D eigenvalue weighted by atomic mass is 32.2. The van der Waals surface area contributed by atoms with Gasteiger partial charge in [0.05, 0.1) is 4.90 Å². The first-order chi connectivity index (χ1) is 9.41. The van der Waals surface area contributed by atoms with Crippen LogP contribution in [-0.4, -0.2) is 45.3 Å². The van der Waals surface area contributed by atoms with Crippen LogP contribution in [0.2, 0.25) is 0 Å². The zero-order valence-electron chi connectivity index (χ0n) is 11.7. The minimum absolute atomic E-state index is 0.233. The van der Waals surface area contributed by atoms with Gasteiger partial charge in [-0.15, -0.1) is 11.8 Å². The molecular weight excluding hydrogens is 296 g/mol. The summed E-state index contributed by atoms with van der Waals surface area (Å²) in [7, 11) is -0.405. The number of nitrogens with zero attached hydrogens (tertiary/aromatic N) is 1. The van der Waals surface area contributed by atoms with E-state index in [1.54, 1.807) is 23.9 Å². The maximum Gasteiger partial charge on any atom is 0.242 e. The predicted molar refractivity (Wildman–Crippen MR) is 81.4 cm³/mol. The van der Waals surface area contributed by atoms with Crippen molar-refractivity contribution in [2.45, 2.75) is 27.9 Å². The van der Waals surface area contributed by atoms with Gasteiger partial charge in [0.1, 0.15) is 0 Å². The van der Waals surface area contributed by atoms with Gasteiger partial charge in [0.25, 0.3) is 0 Å². The molecule has 5 nitrogen and oxygen atoms in total. The van der Waals surface area contributed by atoms with Gasteiger partial charge in [-0.1, -0.05) is 0 Å². The lowest BCUT2D eigenvalue weighted by Gasteiger charge is -2.22. The van der Waals surface area contributed by atoms with Crippen molar-refractivity contribution in [1.29, 1.82) is 0 Å². The van der Waals surface area contributed by atoms with E-state index in [1.165, 1.54) is 24.5 Å². The third kappa shape index (κ3) is 3.46. The van der Waals surface area contributed by atoms with E-state index >= 15 is 0 Å². The van der Waals surface area contributed by atoms with Gasteiger partial charge in [-0.3, -0.25) is 0 Å². The molecule has 0 saturated carbocycles. The van der Waals surface area contributed by atoms with Gasteiger partial charge in [-0.25, -0.2) is 12.7 Å². The molecule has 0 radical (unpaired) electrons. The van der Waals surface area contributed by atoms with Crippen molar-refractivity contribution in [3.8, 4) is 0 Å². The van der Waals surface area contributed by atoms with E-state index < -0.39 is 10.0 Å². The van der Waals surface area contributed by atoms with Gasteiger partial charge in [-0.2, -0.15) is 0 Å². The fourth-order valence-electron chi connectivity index (χ4n) is 1.98. The van der Waals surface area contributed by atoms with Crippen molar-refractivity contribution in [1.82, 2.24) is 4.31 Å². The summed E-state index contributed by atoms with van der Waals surface area (Å²) in [5.74, 6) is 0. The average Bonchev–Trinajstić information content (AvgIpc) is 2.42. The van der Waals surface area contributed by atoms with E-state index in [4.69, 9.17) is 10.5 Å². The van der Waals surface area contributed by atoms with E-state index in [0.29, 0.717) is 10.9 Å². The van der Waals surface area contributed by atoms with Crippen molar-refractivity contribution >= 4 is 27.5 Å². The van der Waals surface area contributed by atoms with Crippen molar-refractivity contribution in [2.75, 3.05) is 33.0 Å². The second-order valence-corrected chi connectivity index (χ2v) is 8.41. The molecule has 0 amide bonds. The number of benzene rings is 1. The Morgan fingerprint density at radius 2 is 1.95 bits per heavy atom. The maximum atomic E-state index is 12.0. The summed E-state index contributed by atoms with van der Waals surface area (Å²) in [6.45, 7) is 1.56. The average molecular weight is 316 g/mol. The third-order valence-corrected chi connectivity index (χ3v) is 6.46. The molecule has 1 aliphatic rings. The lowest BCUT2D eigenvalue weighted by Crippen LogP contribution is -2.22. The molecule has 2 N–H and O–H groups in total. The molecule has 2 rings (SSSR count). The van der Waals surface area contributed by atoms with E-state index in [9.17, 15) is 8.42 Å². The Labute approximate surface area is 124 Å². The fourth-order valence-corrected chi connectivity index (χ4v) is 4.04. The first-order valence-corrected chi connectivity index (χ1v) is 8.79. The van der Waals surface area contributed by atoms with Crippen molar-refractivity contribution in [3.05, 3.63) is 18.2 Å².